The van der Waals surface area contributed by atoms with E-state index in [2.05, 4.69) is 50.9 Å². The molecule has 4 aromatic rings. The maximum Gasteiger partial charge on any atom is 0.180 e. The molecule has 0 radical (unpaired) electrons. The Hall–Kier alpha value is -3.14. The molecule has 0 bridgehead atoms. The first kappa shape index (κ1) is 13.5. The number of rotatable bonds is 3. The molecule has 0 amide bonds. The van der Waals surface area contributed by atoms with Crippen LogP contribution in [0.15, 0.2) is 73.2 Å². The molecule has 0 spiro atoms. The van der Waals surface area contributed by atoms with Crippen LogP contribution >= 0.6 is 0 Å². The zero-order chi connectivity index (χ0) is 15.6. The lowest BCUT2D eigenvalue weighted by Gasteiger charge is -2.08. The van der Waals surface area contributed by atoms with Crippen LogP contribution in [0.2, 0.25) is 0 Å². The highest BCUT2D eigenvalue weighted by Crippen LogP contribution is 2.24. The summed E-state index contributed by atoms with van der Waals surface area (Å²) in [5.41, 5.74) is 5.23. The van der Waals surface area contributed by atoms with Crippen molar-refractivity contribution in [2.24, 2.45) is 0 Å². The van der Waals surface area contributed by atoms with E-state index in [4.69, 9.17) is 0 Å². The van der Waals surface area contributed by atoms with Gasteiger partial charge in [0, 0.05) is 23.6 Å². The number of fused-ring (bicyclic) bond motifs is 1. The predicted octanol–water partition coefficient (Wildman–Crippen LogP) is 4.45. The van der Waals surface area contributed by atoms with E-state index in [1.807, 2.05) is 42.7 Å². The summed E-state index contributed by atoms with van der Waals surface area (Å²) in [6.07, 6.45) is 5.61. The molecule has 0 atom stereocenters. The fraction of sp³-hybridized carbons (Fsp3) is 0.0526. The number of benzene rings is 2. The molecule has 2 aromatic heterocycles. The summed E-state index contributed by atoms with van der Waals surface area (Å²) in [5, 5.41) is 3.34. The van der Waals surface area contributed by atoms with Crippen molar-refractivity contribution in [3.05, 3.63) is 78.8 Å². The van der Waals surface area contributed by atoms with Gasteiger partial charge in [0.2, 0.25) is 0 Å². The van der Waals surface area contributed by atoms with Gasteiger partial charge in [-0.05, 0) is 19.1 Å². The van der Waals surface area contributed by atoms with Crippen LogP contribution in [0.25, 0.3) is 16.9 Å². The summed E-state index contributed by atoms with van der Waals surface area (Å²) >= 11 is 0. The van der Waals surface area contributed by atoms with Crippen LogP contribution in [0, 0.1) is 6.92 Å². The standard InChI is InChI=1S/C19H16N4/c1-14-7-9-16(10-8-14)22-18-19-21-13-17(23(19)12-11-20-18)15-5-3-2-4-6-15/h2-13H,1H3,(H,20,22). The summed E-state index contributed by atoms with van der Waals surface area (Å²) in [5.74, 6) is 0.749. The Morgan fingerprint density at radius 1 is 0.913 bits per heavy atom. The number of aryl methyl sites for hydroxylation is 1. The first-order valence-corrected chi connectivity index (χ1v) is 7.52. The van der Waals surface area contributed by atoms with Gasteiger partial charge in [0.15, 0.2) is 11.5 Å². The van der Waals surface area contributed by atoms with Crippen LogP contribution in [-0.4, -0.2) is 14.4 Å². The molecule has 0 aliphatic rings. The minimum absolute atomic E-state index is 0.749. The van der Waals surface area contributed by atoms with Gasteiger partial charge in [-0.15, -0.1) is 0 Å². The minimum atomic E-state index is 0.749. The van der Waals surface area contributed by atoms with Crippen molar-refractivity contribution in [1.82, 2.24) is 14.4 Å². The molecule has 0 unspecified atom stereocenters. The van der Waals surface area contributed by atoms with Gasteiger partial charge >= 0.3 is 0 Å². The van der Waals surface area contributed by atoms with Gasteiger partial charge in [0.1, 0.15) is 0 Å². The monoisotopic (exact) mass is 300 g/mol. The lowest BCUT2D eigenvalue weighted by atomic mass is 10.2. The van der Waals surface area contributed by atoms with Crippen LogP contribution in [0.4, 0.5) is 11.5 Å². The van der Waals surface area contributed by atoms with Crippen LogP contribution in [0.5, 0.6) is 0 Å². The molecule has 4 nitrogen and oxygen atoms in total. The quantitative estimate of drug-likeness (QED) is 0.608. The van der Waals surface area contributed by atoms with Crippen LogP contribution < -0.4 is 5.32 Å². The van der Waals surface area contributed by atoms with E-state index in [-0.39, 0.29) is 0 Å². The van der Waals surface area contributed by atoms with E-state index in [9.17, 15) is 0 Å². The maximum atomic E-state index is 4.55. The molecule has 0 saturated heterocycles. The number of hydrogen-bond acceptors (Lipinski definition) is 3. The number of imidazole rings is 1. The molecule has 2 heterocycles. The molecule has 0 aliphatic carbocycles. The number of aromatic nitrogens is 3. The van der Waals surface area contributed by atoms with Crippen LogP contribution in [0.3, 0.4) is 0 Å². The lowest BCUT2D eigenvalue weighted by Crippen LogP contribution is -1.98. The Morgan fingerprint density at radius 3 is 2.48 bits per heavy atom. The average Bonchev–Trinajstić information content (AvgIpc) is 3.03. The van der Waals surface area contributed by atoms with Crippen molar-refractivity contribution >= 4 is 17.2 Å². The average molecular weight is 300 g/mol. The Morgan fingerprint density at radius 2 is 1.70 bits per heavy atom. The molecule has 1 N–H and O–H groups in total. The third-order valence-electron chi connectivity index (χ3n) is 3.81. The third-order valence-corrected chi connectivity index (χ3v) is 3.81. The summed E-state index contributed by atoms with van der Waals surface area (Å²) in [6, 6.07) is 18.5. The maximum absolute atomic E-state index is 4.55. The molecule has 0 saturated carbocycles. The first-order valence-electron chi connectivity index (χ1n) is 7.52. The summed E-state index contributed by atoms with van der Waals surface area (Å²) in [6.45, 7) is 2.07. The highest BCUT2D eigenvalue weighted by molar-refractivity contribution is 5.74. The molecule has 0 fully saturated rings. The van der Waals surface area contributed by atoms with Gasteiger partial charge < -0.3 is 5.32 Å². The fourth-order valence-electron chi connectivity index (χ4n) is 2.60. The van der Waals surface area contributed by atoms with Gasteiger partial charge in [-0.25, -0.2) is 9.97 Å². The number of nitrogens with one attached hydrogen (secondary N) is 1. The minimum Gasteiger partial charge on any atom is -0.337 e. The van der Waals surface area contributed by atoms with Gasteiger partial charge in [0.25, 0.3) is 0 Å². The van der Waals surface area contributed by atoms with E-state index in [1.165, 1.54) is 5.56 Å². The Bertz CT molecular complexity index is 940. The van der Waals surface area contributed by atoms with Gasteiger partial charge in [0.05, 0.1) is 11.9 Å². The molecule has 0 aliphatic heterocycles. The van der Waals surface area contributed by atoms with E-state index < -0.39 is 0 Å². The van der Waals surface area contributed by atoms with Crippen molar-refractivity contribution < 1.29 is 0 Å². The second-order valence-electron chi connectivity index (χ2n) is 5.47. The second kappa shape index (κ2) is 5.57. The van der Waals surface area contributed by atoms with Crippen LogP contribution in [0.1, 0.15) is 5.56 Å². The van der Waals surface area contributed by atoms with Crippen LogP contribution in [-0.2, 0) is 0 Å². The third kappa shape index (κ3) is 2.55. The van der Waals surface area contributed by atoms with Crippen molar-refractivity contribution in [2.45, 2.75) is 6.92 Å². The Balaban J connectivity index is 1.77. The lowest BCUT2D eigenvalue weighted by molar-refractivity contribution is 1.13. The summed E-state index contributed by atoms with van der Waals surface area (Å²) in [7, 11) is 0. The SMILES string of the molecule is Cc1ccc(Nc2nccn3c(-c4ccccc4)cnc23)cc1. The van der Waals surface area contributed by atoms with Gasteiger partial charge in [-0.1, -0.05) is 48.0 Å². The summed E-state index contributed by atoms with van der Waals surface area (Å²) < 4.78 is 2.05. The molecule has 2 aromatic carbocycles. The zero-order valence-corrected chi connectivity index (χ0v) is 12.8. The number of anilines is 2. The van der Waals surface area contributed by atoms with E-state index in [0.29, 0.717) is 0 Å². The molecular formula is C19H16N4. The zero-order valence-electron chi connectivity index (χ0n) is 12.8. The summed E-state index contributed by atoms with van der Waals surface area (Å²) in [4.78, 5) is 8.98. The van der Waals surface area contributed by atoms with Crippen molar-refractivity contribution in [3.63, 3.8) is 0 Å². The second-order valence-corrected chi connectivity index (χ2v) is 5.47. The van der Waals surface area contributed by atoms with E-state index in [1.54, 1.807) is 6.20 Å². The molecule has 4 heteroatoms. The van der Waals surface area contributed by atoms with Crippen molar-refractivity contribution in [1.29, 1.82) is 0 Å². The Labute approximate surface area is 134 Å². The largest absolute Gasteiger partial charge is 0.337 e. The molecule has 4 rings (SSSR count). The topological polar surface area (TPSA) is 42.2 Å². The van der Waals surface area contributed by atoms with Gasteiger partial charge in [-0.2, -0.15) is 0 Å². The van der Waals surface area contributed by atoms with E-state index in [0.717, 1.165) is 28.4 Å². The number of hydrogen-bond donors (Lipinski definition) is 1. The highest BCUT2D eigenvalue weighted by atomic mass is 15.1. The van der Waals surface area contributed by atoms with E-state index >= 15 is 0 Å². The normalized spacial score (nSPS) is 10.8. The smallest absolute Gasteiger partial charge is 0.180 e. The van der Waals surface area contributed by atoms with Gasteiger partial charge in [-0.3, -0.25) is 4.40 Å². The molecule has 112 valence electrons. The Kier molecular flexibility index (Phi) is 3.27. The van der Waals surface area contributed by atoms with Crippen molar-refractivity contribution in [2.75, 3.05) is 5.32 Å². The first-order chi connectivity index (χ1) is 11.3. The highest BCUT2D eigenvalue weighted by Gasteiger charge is 2.10. The number of nitrogens with zero attached hydrogens (tertiary/aromatic N) is 3. The molecule has 23 heavy (non-hydrogen) atoms. The fourth-order valence-corrected chi connectivity index (χ4v) is 2.60. The van der Waals surface area contributed by atoms with Crippen molar-refractivity contribution in [3.8, 4) is 11.3 Å². The predicted molar refractivity (Wildman–Crippen MR) is 92.9 cm³/mol. The molecular weight excluding hydrogens is 284 g/mol.